The summed E-state index contributed by atoms with van der Waals surface area (Å²) in [6.07, 6.45) is 3.61. The van der Waals surface area contributed by atoms with Crippen molar-refractivity contribution in [3.05, 3.63) is 59.5 Å². The number of nitrogens with one attached hydrogen (secondary N) is 1. The first kappa shape index (κ1) is 13.6. The number of rotatable bonds is 4. The summed E-state index contributed by atoms with van der Waals surface area (Å²) in [5.41, 5.74) is 9.93. The number of aryl methyl sites for hydroxylation is 1. The summed E-state index contributed by atoms with van der Waals surface area (Å²) in [4.78, 5) is 4.43. The van der Waals surface area contributed by atoms with Gasteiger partial charge in [-0.15, -0.1) is 0 Å². The summed E-state index contributed by atoms with van der Waals surface area (Å²) < 4.78 is 1.84. The molecule has 0 amide bonds. The lowest BCUT2D eigenvalue weighted by Gasteiger charge is -2.16. The number of fused-ring (bicyclic) bond motifs is 1. The first-order chi connectivity index (χ1) is 10.2. The number of nitrogens with zero attached hydrogens (tertiary/aromatic N) is 3. The third kappa shape index (κ3) is 2.73. The summed E-state index contributed by atoms with van der Waals surface area (Å²) >= 11 is 0. The summed E-state index contributed by atoms with van der Waals surface area (Å²) in [5, 5.41) is 7.85. The smallest absolute Gasteiger partial charge is 0.152 e. The van der Waals surface area contributed by atoms with Crippen molar-refractivity contribution in [1.82, 2.24) is 14.6 Å². The van der Waals surface area contributed by atoms with Gasteiger partial charge < -0.3 is 11.1 Å². The van der Waals surface area contributed by atoms with Crippen LogP contribution in [0.4, 0.5) is 5.82 Å². The van der Waals surface area contributed by atoms with Crippen molar-refractivity contribution in [2.75, 3.05) is 5.32 Å². The maximum atomic E-state index is 5.63. The van der Waals surface area contributed by atoms with Crippen molar-refractivity contribution in [2.45, 2.75) is 26.4 Å². The molecule has 0 aliphatic rings. The fourth-order valence-corrected chi connectivity index (χ4v) is 2.39. The normalized spacial score (nSPS) is 12.5. The van der Waals surface area contributed by atoms with Crippen molar-refractivity contribution < 1.29 is 0 Å². The monoisotopic (exact) mass is 281 g/mol. The van der Waals surface area contributed by atoms with E-state index in [0.29, 0.717) is 6.54 Å². The first-order valence-corrected chi connectivity index (χ1v) is 7.04. The van der Waals surface area contributed by atoms with Gasteiger partial charge >= 0.3 is 0 Å². The van der Waals surface area contributed by atoms with E-state index in [2.05, 4.69) is 46.6 Å². The SMILES string of the molecule is Cc1cc2c(NC(C)c3ccc(CN)cc3)nccn2n1. The van der Waals surface area contributed by atoms with Crippen LogP contribution >= 0.6 is 0 Å². The lowest BCUT2D eigenvalue weighted by molar-refractivity contribution is 0.862. The second-order valence-electron chi connectivity index (χ2n) is 5.20. The average Bonchev–Trinajstić information content (AvgIpc) is 2.88. The average molecular weight is 281 g/mol. The molecule has 0 saturated heterocycles. The molecular formula is C16H19N5. The molecule has 5 heteroatoms. The zero-order valence-electron chi connectivity index (χ0n) is 12.2. The van der Waals surface area contributed by atoms with E-state index in [1.165, 1.54) is 5.56 Å². The van der Waals surface area contributed by atoms with E-state index in [-0.39, 0.29) is 6.04 Å². The van der Waals surface area contributed by atoms with Gasteiger partial charge in [-0.1, -0.05) is 24.3 Å². The summed E-state index contributed by atoms with van der Waals surface area (Å²) in [7, 11) is 0. The topological polar surface area (TPSA) is 68.2 Å². The molecule has 1 unspecified atom stereocenters. The van der Waals surface area contributed by atoms with Crippen LogP contribution in [0.25, 0.3) is 5.52 Å². The molecule has 0 saturated carbocycles. The third-order valence-electron chi connectivity index (χ3n) is 3.58. The van der Waals surface area contributed by atoms with Gasteiger partial charge in [-0.05, 0) is 31.0 Å². The van der Waals surface area contributed by atoms with Gasteiger partial charge in [0.25, 0.3) is 0 Å². The van der Waals surface area contributed by atoms with Gasteiger partial charge in [0.15, 0.2) is 5.82 Å². The fourth-order valence-electron chi connectivity index (χ4n) is 2.39. The minimum absolute atomic E-state index is 0.158. The Kier molecular flexibility index (Phi) is 3.58. The third-order valence-corrected chi connectivity index (χ3v) is 3.58. The standard InChI is InChI=1S/C16H19N5/c1-11-9-15-16(18-7-8-21(15)20-11)19-12(2)14-5-3-13(10-17)4-6-14/h3-9,12H,10,17H2,1-2H3,(H,18,19). The van der Waals surface area contributed by atoms with E-state index in [4.69, 9.17) is 5.73 Å². The highest BCUT2D eigenvalue weighted by Crippen LogP contribution is 2.22. The predicted octanol–water partition coefficient (Wildman–Crippen LogP) is 2.67. The second-order valence-corrected chi connectivity index (χ2v) is 5.20. The molecule has 3 aromatic rings. The Morgan fingerprint density at radius 1 is 1.29 bits per heavy atom. The van der Waals surface area contributed by atoms with Gasteiger partial charge in [0.1, 0.15) is 5.52 Å². The molecule has 0 radical (unpaired) electrons. The molecule has 0 aliphatic carbocycles. The van der Waals surface area contributed by atoms with Crippen LogP contribution in [0.1, 0.15) is 29.8 Å². The van der Waals surface area contributed by atoms with Gasteiger partial charge in [0, 0.05) is 18.9 Å². The number of hydrogen-bond acceptors (Lipinski definition) is 4. The van der Waals surface area contributed by atoms with E-state index in [0.717, 1.165) is 22.6 Å². The molecule has 0 spiro atoms. The molecule has 0 fully saturated rings. The highest BCUT2D eigenvalue weighted by atomic mass is 15.2. The summed E-state index contributed by atoms with van der Waals surface area (Å²) in [6, 6.07) is 10.5. The quantitative estimate of drug-likeness (QED) is 0.771. The van der Waals surface area contributed by atoms with E-state index in [1.807, 2.05) is 23.7 Å². The number of anilines is 1. The molecule has 5 nitrogen and oxygen atoms in total. The van der Waals surface area contributed by atoms with Crippen LogP contribution in [-0.4, -0.2) is 14.6 Å². The largest absolute Gasteiger partial charge is 0.362 e. The predicted molar refractivity (Wildman–Crippen MR) is 84.1 cm³/mol. The lowest BCUT2D eigenvalue weighted by Crippen LogP contribution is -2.09. The maximum absolute atomic E-state index is 5.63. The number of benzene rings is 1. The Hall–Kier alpha value is -2.40. The lowest BCUT2D eigenvalue weighted by atomic mass is 10.1. The minimum atomic E-state index is 0.158. The minimum Gasteiger partial charge on any atom is -0.362 e. The molecule has 1 atom stereocenters. The molecule has 21 heavy (non-hydrogen) atoms. The Morgan fingerprint density at radius 3 is 2.76 bits per heavy atom. The second kappa shape index (κ2) is 5.54. The van der Waals surface area contributed by atoms with E-state index >= 15 is 0 Å². The number of hydrogen-bond donors (Lipinski definition) is 2. The Balaban J connectivity index is 1.86. The van der Waals surface area contributed by atoms with Crippen LogP contribution in [0.3, 0.4) is 0 Å². The number of nitrogens with two attached hydrogens (primary N) is 1. The van der Waals surface area contributed by atoms with Crippen LogP contribution < -0.4 is 11.1 Å². The van der Waals surface area contributed by atoms with E-state index in [1.54, 1.807) is 6.20 Å². The molecule has 0 bridgehead atoms. The Bertz CT molecular complexity index is 745. The maximum Gasteiger partial charge on any atom is 0.152 e. The van der Waals surface area contributed by atoms with Gasteiger partial charge in [-0.3, -0.25) is 0 Å². The number of aromatic nitrogens is 3. The summed E-state index contributed by atoms with van der Waals surface area (Å²) in [5.74, 6) is 0.841. The highest BCUT2D eigenvalue weighted by molar-refractivity contribution is 5.68. The van der Waals surface area contributed by atoms with Crippen LogP contribution in [-0.2, 0) is 6.54 Å². The van der Waals surface area contributed by atoms with Gasteiger partial charge in [-0.2, -0.15) is 5.10 Å². The van der Waals surface area contributed by atoms with Crippen LogP contribution in [0, 0.1) is 6.92 Å². The van der Waals surface area contributed by atoms with Crippen molar-refractivity contribution in [3.63, 3.8) is 0 Å². The van der Waals surface area contributed by atoms with Crippen molar-refractivity contribution in [3.8, 4) is 0 Å². The van der Waals surface area contributed by atoms with Crippen LogP contribution in [0.15, 0.2) is 42.7 Å². The van der Waals surface area contributed by atoms with E-state index in [9.17, 15) is 0 Å². The van der Waals surface area contributed by atoms with Crippen LogP contribution in [0.2, 0.25) is 0 Å². The molecule has 2 heterocycles. The Morgan fingerprint density at radius 2 is 2.05 bits per heavy atom. The van der Waals surface area contributed by atoms with E-state index < -0.39 is 0 Å². The van der Waals surface area contributed by atoms with Gasteiger partial charge in [-0.25, -0.2) is 9.50 Å². The van der Waals surface area contributed by atoms with Crippen molar-refractivity contribution >= 4 is 11.3 Å². The van der Waals surface area contributed by atoms with Gasteiger partial charge in [0.2, 0.25) is 0 Å². The zero-order chi connectivity index (χ0) is 14.8. The first-order valence-electron chi connectivity index (χ1n) is 7.04. The highest BCUT2D eigenvalue weighted by Gasteiger charge is 2.10. The van der Waals surface area contributed by atoms with Gasteiger partial charge in [0.05, 0.1) is 11.7 Å². The van der Waals surface area contributed by atoms with Crippen LogP contribution in [0.5, 0.6) is 0 Å². The summed E-state index contributed by atoms with van der Waals surface area (Å²) in [6.45, 7) is 4.66. The molecule has 3 rings (SSSR count). The molecule has 108 valence electrons. The Labute approximate surface area is 123 Å². The fraction of sp³-hybridized carbons (Fsp3) is 0.250. The molecule has 1 aromatic carbocycles. The molecule has 0 aliphatic heterocycles. The van der Waals surface area contributed by atoms with Crippen molar-refractivity contribution in [2.24, 2.45) is 5.73 Å². The molecule has 2 aromatic heterocycles. The molecular weight excluding hydrogens is 262 g/mol. The van der Waals surface area contributed by atoms with Crippen molar-refractivity contribution in [1.29, 1.82) is 0 Å². The zero-order valence-corrected chi connectivity index (χ0v) is 12.2. The molecule has 3 N–H and O–H groups in total.